The van der Waals surface area contributed by atoms with Crippen molar-refractivity contribution < 1.29 is 17.9 Å². The second kappa shape index (κ2) is 9.04. The molecule has 1 amide bonds. The van der Waals surface area contributed by atoms with Crippen LogP contribution in [0.5, 0.6) is 5.75 Å². The summed E-state index contributed by atoms with van der Waals surface area (Å²) in [7, 11) is -1.42. The summed E-state index contributed by atoms with van der Waals surface area (Å²) in [4.78, 5) is 19.1. The molecule has 0 radical (unpaired) electrons. The van der Waals surface area contributed by atoms with Gasteiger partial charge in [-0.15, -0.1) is 0 Å². The lowest BCUT2D eigenvalue weighted by molar-refractivity contribution is -0.117. The third-order valence-electron chi connectivity index (χ3n) is 5.67. The molecule has 0 N–H and O–H groups in total. The molecule has 0 bridgehead atoms. The Labute approximate surface area is 187 Å². The summed E-state index contributed by atoms with van der Waals surface area (Å²) >= 11 is 1.43. The number of carbonyl (C=O) groups is 1. The predicted octanol–water partition coefficient (Wildman–Crippen LogP) is 2.89. The molecule has 0 aromatic heterocycles. The average molecular weight is 459 g/mol. The van der Waals surface area contributed by atoms with E-state index < -0.39 is 9.84 Å². The van der Waals surface area contributed by atoms with E-state index in [1.165, 1.54) is 11.8 Å². The van der Waals surface area contributed by atoms with Gasteiger partial charge in [-0.25, -0.2) is 8.42 Å². The number of thioether (sulfide) groups is 1. The Morgan fingerprint density at radius 1 is 1.10 bits per heavy atom. The lowest BCUT2D eigenvalue weighted by Crippen LogP contribution is -2.39. The van der Waals surface area contributed by atoms with E-state index in [1.54, 1.807) is 7.11 Å². The number of ether oxygens (including phenoxy) is 1. The third-order valence-corrected chi connectivity index (χ3v) is 8.92. The molecule has 2 aliphatic heterocycles. The number of amides is 1. The van der Waals surface area contributed by atoms with Gasteiger partial charge in [-0.05, 0) is 36.6 Å². The molecule has 164 valence electrons. The summed E-state index contributed by atoms with van der Waals surface area (Å²) in [6.07, 6.45) is 0.975. The first-order valence-electron chi connectivity index (χ1n) is 10.3. The predicted molar refractivity (Wildman–Crippen MR) is 125 cm³/mol. The fourth-order valence-corrected chi connectivity index (χ4v) is 7.96. The Hall–Kier alpha value is -2.32. The number of aryl methyl sites for hydroxylation is 1. The molecule has 4 rings (SSSR count). The molecule has 2 aliphatic rings. The zero-order chi connectivity index (χ0) is 22.0. The topological polar surface area (TPSA) is 76.0 Å². The van der Waals surface area contributed by atoms with Gasteiger partial charge in [0.05, 0.1) is 31.1 Å². The molecule has 0 aliphatic carbocycles. The van der Waals surface area contributed by atoms with Gasteiger partial charge in [0.25, 0.3) is 5.91 Å². The monoisotopic (exact) mass is 458 g/mol. The van der Waals surface area contributed by atoms with Crippen LogP contribution < -0.4 is 4.74 Å². The molecule has 2 fully saturated rings. The molecule has 8 heteroatoms. The first-order chi connectivity index (χ1) is 14.8. The van der Waals surface area contributed by atoms with E-state index in [-0.39, 0.29) is 35.1 Å². The van der Waals surface area contributed by atoms with E-state index in [0.29, 0.717) is 11.7 Å². The number of methoxy groups -OCH3 is 1. The lowest BCUT2D eigenvalue weighted by Gasteiger charge is -2.24. The van der Waals surface area contributed by atoms with Crippen LogP contribution in [-0.2, 0) is 27.5 Å². The molecule has 2 saturated heterocycles. The Morgan fingerprint density at radius 3 is 2.45 bits per heavy atom. The summed E-state index contributed by atoms with van der Waals surface area (Å²) < 4.78 is 29.5. The van der Waals surface area contributed by atoms with Crippen molar-refractivity contribution in [2.24, 2.45) is 4.99 Å². The normalized spacial score (nSPS) is 23.2. The highest BCUT2D eigenvalue weighted by molar-refractivity contribution is 8.15. The SMILES string of the molecule is COc1ccc(CCN2C(=NC(=O)Cc3ccc(C)cc3)S[C@@H]3CS(=O)(=O)C[C@H]32)cc1. The van der Waals surface area contributed by atoms with Crippen LogP contribution in [0.4, 0.5) is 0 Å². The van der Waals surface area contributed by atoms with Gasteiger partial charge >= 0.3 is 0 Å². The van der Waals surface area contributed by atoms with Crippen LogP contribution >= 0.6 is 11.8 Å². The maximum atomic E-state index is 12.6. The van der Waals surface area contributed by atoms with Crippen molar-refractivity contribution in [1.29, 1.82) is 0 Å². The first kappa shape index (κ1) is 21.9. The molecule has 0 spiro atoms. The zero-order valence-electron chi connectivity index (χ0n) is 17.7. The van der Waals surface area contributed by atoms with Crippen LogP contribution in [0, 0.1) is 6.92 Å². The molecular formula is C23H26N2O4S2. The molecule has 2 aromatic carbocycles. The van der Waals surface area contributed by atoms with E-state index in [4.69, 9.17) is 4.74 Å². The number of carbonyl (C=O) groups excluding carboxylic acids is 1. The van der Waals surface area contributed by atoms with Gasteiger partial charge in [-0.3, -0.25) is 4.79 Å². The minimum atomic E-state index is -3.05. The maximum Gasteiger partial charge on any atom is 0.252 e. The van der Waals surface area contributed by atoms with Gasteiger partial charge in [0.1, 0.15) is 5.75 Å². The fourth-order valence-electron chi connectivity index (χ4n) is 3.97. The van der Waals surface area contributed by atoms with E-state index in [9.17, 15) is 13.2 Å². The Balaban J connectivity index is 1.49. The minimum Gasteiger partial charge on any atom is -0.497 e. The van der Waals surface area contributed by atoms with Crippen molar-refractivity contribution in [3.8, 4) is 5.75 Å². The number of hydrogen-bond acceptors (Lipinski definition) is 5. The number of benzene rings is 2. The Kier molecular flexibility index (Phi) is 6.39. The summed E-state index contributed by atoms with van der Waals surface area (Å²) in [5.41, 5.74) is 3.20. The highest BCUT2D eigenvalue weighted by atomic mass is 32.2. The second-order valence-electron chi connectivity index (χ2n) is 8.04. The first-order valence-corrected chi connectivity index (χ1v) is 13.0. The van der Waals surface area contributed by atoms with Crippen LogP contribution in [-0.4, -0.2) is 60.8 Å². The maximum absolute atomic E-state index is 12.6. The minimum absolute atomic E-state index is 0.0632. The van der Waals surface area contributed by atoms with Crippen LogP contribution in [0.25, 0.3) is 0 Å². The highest BCUT2D eigenvalue weighted by Crippen LogP contribution is 2.38. The lowest BCUT2D eigenvalue weighted by atomic mass is 10.1. The van der Waals surface area contributed by atoms with Gasteiger partial charge in [-0.1, -0.05) is 53.7 Å². The summed E-state index contributed by atoms with van der Waals surface area (Å²) in [5, 5.41) is 0.585. The van der Waals surface area contributed by atoms with Gasteiger partial charge in [0.15, 0.2) is 15.0 Å². The number of hydrogen-bond donors (Lipinski definition) is 0. The van der Waals surface area contributed by atoms with Crippen molar-refractivity contribution in [3.05, 3.63) is 65.2 Å². The van der Waals surface area contributed by atoms with E-state index in [1.807, 2.05) is 60.4 Å². The number of fused-ring (bicyclic) bond motifs is 1. The van der Waals surface area contributed by atoms with Gasteiger partial charge in [0, 0.05) is 11.8 Å². The van der Waals surface area contributed by atoms with Gasteiger partial charge in [-0.2, -0.15) is 4.99 Å². The summed E-state index contributed by atoms with van der Waals surface area (Å²) in [6.45, 7) is 2.63. The summed E-state index contributed by atoms with van der Waals surface area (Å²) in [6, 6.07) is 15.6. The smallest absolute Gasteiger partial charge is 0.252 e. The standard InChI is InChI=1S/C23H26N2O4S2/c1-16-3-5-18(6-4-16)13-22(26)24-23-25(20-14-31(27,28)15-21(20)30-23)12-11-17-7-9-19(29-2)10-8-17/h3-10,20-21H,11-15H2,1-2H3/t20-,21-/m1/s1. The van der Waals surface area contributed by atoms with Crippen LogP contribution in [0.15, 0.2) is 53.5 Å². The molecule has 2 atom stereocenters. The average Bonchev–Trinajstić information content (AvgIpc) is 3.19. The van der Waals surface area contributed by atoms with Crippen molar-refractivity contribution in [2.75, 3.05) is 25.2 Å². The molecular weight excluding hydrogens is 432 g/mol. The Bertz CT molecular complexity index is 1080. The number of aliphatic imine (C=N–C) groups is 1. The molecule has 0 unspecified atom stereocenters. The zero-order valence-corrected chi connectivity index (χ0v) is 19.3. The molecule has 2 aromatic rings. The number of amidine groups is 1. The quantitative estimate of drug-likeness (QED) is 0.663. The van der Waals surface area contributed by atoms with Crippen molar-refractivity contribution in [2.45, 2.75) is 31.1 Å². The Morgan fingerprint density at radius 2 is 1.77 bits per heavy atom. The summed E-state index contributed by atoms with van der Waals surface area (Å²) in [5.74, 6) is 0.861. The fraction of sp³-hybridized carbons (Fsp3) is 0.391. The largest absolute Gasteiger partial charge is 0.497 e. The molecule has 2 heterocycles. The molecule has 31 heavy (non-hydrogen) atoms. The van der Waals surface area contributed by atoms with Crippen LogP contribution in [0.3, 0.4) is 0 Å². The van der Waals surface area contributed by atoms with E-state index >= 15 is 0 Å². The second-order valence-corrected chi connectivity index (χ2v) is 11.4. The van der Waals surface area contributed by atoms with Crippen LogP contribution in [0.2, 0.25) is 0 Å². The number of rotatable bonds is 6. The molecule has 6 nitrogen and oxygen atoms in total. The van der Waals surface area contributed by atoms with Gasteiger partial charge in [0.2, 0.25) is 0 Å². The third kappa shape index (κ3) is 5.30. The molecule has 0 saturated carbocycles. The number of sulfone groups is 1. The van der Waals surface area contributed by atoms with Crippen molar-refractivity contribution in [1.82, 2.24) is 4.90 Å². The van der Waals surface area contributed by atoms with Gasteiger partial charge < -0.3 is 9.64 Å². The van der Waals surface area contributed by atoms with Crippen molar-refractivity contribution in [3.63, 3.8) is 0 Å². The highest BCUT2D eigenvalue weighted by Gasteiger charge is 2.48. The van der Waals surface area contributed by atoms with Crippen LogP contribution in [0.1, 0.15) is 16.7 Å². The van der Waals surface area contributed by atoms with Crippen molar-refractivity contribution >= 4 is 32.7 Å². The van der Waals surface area contributed by atoms with E-state index in [0.717, 1.165) is 28.9 Å². The van der Waals surface area contributed by atoms with E-state index in [2.05, 4.69) is 4.99 Å². The number of nitrogens with zero attached hydrogens (tertiary/aromatic N) is 2.